The number of carbonyl (C=O) groups excluding carboxylic acids is 1. The Morgan fingerprint density at radius 2 is 1.75 bits per heavy atom. The Morgan fingerprint density at radius 1 is 1.10 bits per heavy atom. The molecule has 1 aromatic heterocycles. The number of carboxylic acids is 1. The van der Waals surface area contributed by atoms with Crippen molar-refractivity contribution in [3.63, 3.8) is 0 Å². The number of nitrogens with zero attached hydrogens (tertiary/aromatic N) is 3. The Hall–Kier alpha value is -2.97. The molecule has 0 fully saturated rings. The van der Waals surface area contributed by atoms with E-state index in [4.69, 9.17) is 5.11 Å². The van der Waals surface area contributed by atoms with E-state index < -0.39 is 34.6 Å². The molecule has 0 saturated heterocycles. The lowest BCUT2D eigenvalue weighted by atomic mass is 10.1. The molecule has 0 bridgehead atoms. The molecule has 9 heteroatoms. The van der Waals surface area contributed by atoms with Crippen molar-refractivity contribution in [1.82, 2.24) is 15.2 Å². The van der Waals surface area contributed by atoms with Crippen molar-refractivity contribution in [1.29, 1.82) is 0 Å². The van der Waals surface area contributed by atoms with Crippen LogP contribution in [0.25, 0.3) is 0 Å². The van der Waals surface area contributed by atoms with Crippen LogP contribution in [0.4, 0.5) is 14.7 Å². The number of hydrogen-bond donors (Lipinski definition) is 2. The molecular formula is C11H6F2N4O3. The van der Waals surface area contributed by atoms with Gasteiger partial charge in [-0.25, -0.2) is 18.6 Å². The van der Waals surface area contributed by atoms with Gasteiger partial charge < -0.3 is 5.11 Å². The van der Waals surface area contributed by atoms with E-state index in [-0.39, 0.29) is 5.95 Å². The summed E-state index contributed by atoms with van der Waals surface area (Å²) in [4.78, 5) is 26.4. The fourth-order valence-electron chi connectivity index (χ4n) is 1.39. The van der Waals surface area contributed by atoms with Gasteiger partial charge in [0.2, 0.25) is 5.95 Å². The number of hydrogen-bond acceptors (Lipinski definition) is 5. The van der Waals surface area contributed by atoms with Gasteiger partial charge in [-0.15, -0.1) is 5.10 Å². The molecule has 1 heterocycles. The normalized spacial score (nSPS) is 10.1. The smallest absolute Gasteiger partial charge is 0.336 e. The van der Waals surface area contributed by atoms with Crippen LogP contribution in [0.3, 0.4) is 0 Å². The first kappa shape index (κ1) is 13.5. The Kier molecular flexibility index (Phi) is 3.60. The molecule has 1 amide bonds. The zero-order valence-corrected chi connectivity index (χ0v) is 9.67. The molecule has 0 radical (unpaired) electrons. The second kappa shape index (κ2) is 5.34. The molecule has 0 unspecified atom stereocenters. The summed E-state index contributed by atoms with van der Waals surface area (Å²) in [7, 11) is 0. The third-order valence-electron chi connectivity index (χ3n) is 2.24. The average molecular weight is 280 g/mol. The quantitative estimate of drug-likeness (QED) is 0.872. The van der Waals surface area contributed by atoms with Crippen LogP contribution >= 0.6 is 0 Å². The van der Waals surface area contributed by atoms with Crippen molar-refractivity contribution >= 4 is 17.8 Å². The Balaban J connectivity index is 2.39. The molecule has 20 heavy (non-hydrogen) atoms. The zero-order valence-electron chi connectivity index (χ0n) is 9.67. The number of halogens is 2. The summed E-state index contributed by atoms with van der Waals surface area (Å²) in [5, 5.41) is 17.9. The first-order chi connectivity index (χ1) is 9.49. The molecule has 2 N–H and O–H groups in total. The van der Waals surface area contributed by atoms with Gasteiger partial charge in [0.25, 0.3) is 5.91 Å². The number of aromatic nitrogens is 3. The highest BCUT2D eigenvalue weighted by atomic mass is 19.2. The van der Waals surface area contributed by atoms with E-state index in [0.717, 1.165) is 0 Å². The number of amides is 1. The molecule has 1 aromatic carbocycles. The number of benzene rings is 1. The van der Waals surface area contributed by atoms with Gasteiger partial charge >= 0.3 is 5.97 Å². The molecule has 0 spiro atoms. The summed E-state index contributed by atoms with van der Waals surface area (Å²) in [6.07, 6.45) is 2.50. The fraction of sp³-hybridized carbons (Fsp3) is 0. The molecule has 7 nitrogen and oxygen atoms in total. The lowest BCUT2D eigenvalue weighted by molar-refractivity contribution is 0.0691. The van der Waals surface area contributed by atoms with E-state index >= 15 is 0 Å². The summed E-state index contributed by atoms with van der Waals surface area (Å²) in [5.41, 5.74) is -1.23. The molecule has 0 aliphatic rings. The van der Waals surface area contributed by atoms with Crippen LogP contribution in [0.2, 0.25) is 0 Å². The summed E-state index contributed by atoms with van der Waals surface area (Å²) in [6, 6.07) is 0.918. The van der Waals surface area contributed by atoms with Crippen molar-refractivity contribution in [3.05, 3.63) is 47.3 Å². The van der Waals surface area contributed by atoms with Crippen LogP contribution in [-0.2, 0) is 0 Å². The lowest BCUT2D eigenvalue weighted by Gasteiger charge is -2.06. The summed E-state index contributed by atoms with van der Waals surface area (Å²) in [5.74, 6) is -5.46. The summed E-state index contributed by atoms with van der Waals surface area (Å²) < 4.78 is 26.1. The second-order valence-corrected chi connectivity index (χ2v) is 3.54. The van der Waals surface area contributed by atoms with Crippen LogP contribution in [0, 0.1) is 11.6 Å². The van der Waals surface area contributed by atoms with Gasteiger partial charge in [0.15, 0.2) is 11.6 Å². The standard InChI is InChI=1S/C11H6F2N4O3/c12-7-3-5(6(10(19)20)4-8(7)13)9(18)16-11-14-1-2-15-17-11/h1-4H,(H,19,20)(H,14,16,17,18). The number of carbonyl (C=O) groups is 2. The number of aromatic carboxylic acids is 1. The van der Waals surface area contributed by atoms with Gasteiger partial charge in [0.05, 0.1) is 23.5 Å². The Morgan fingerprint density at radius 3 is 2.30 bits per heavy atom. The number of rotatable bonds is 3. The Bertz CT molecular complexity index is 679. The van der Waals surface area contributed by atoms with E-state index in [2.05, 4.69) is 20.5 Å². The van der Waals surface area contributed by atoms with Crippen molar-refractivity contribution in [2.24, 2.45) is 0 Å². The molecule has 0 aliphatic heterocycles. The van der Waals surface area contributed by atoms with Crippen LogP contribution < -0.4 is 5.32 Å². The maximum atomic E-state index is 13.1. The Labute approximate surface area is 110 Å². The molecule has 102 valence electrons. The topological polar surface area (TPSA) is 105 Å². The van der Waals surface area contributed by atoms with Gasteiger partial charge in [0, 0.05) is 0 Å². The minimum atomic E-state index is -1.57. The van der Waals surface area contributed by atoms with E-state index in [1.54, 1.807) is 0 Å². The first-order valence-corrected chi connectivity index (χ1v) is 5.16. The minimum absolute atomic E-state index is 0.196. The molecule has 2 aromatic rings. The second-order valence-electron chi connectivity index (χ2n) is 3.54. The van der Waals surface area contributed by atoms with Gasteiger partial charge in [-0.2, -0.15) is 5.10 Å². The number of anilines is 1. The molecule has 2 rings (SSSR count). The number of carboxylic acid groups (broad SMARTS) is 1. The predicted molar refractivity (Wildman–Crippen MR) is 61.1 cm³/mol. The van der Waals surface area contributed by atoms with Crippen molar-refractivity contribution in [3.8, 4) is 0 Å². The van der Waals surface area contributed by atoms with E-state index in [1.165, 1.54) is 12.4 Å². The van der Waals surface area contributed by atoms with Crippen molar-refractivity contribution in [2.75, 3.05) is 5.32 Å². The van der Waals surface area contributed by atoms with Crippen molar-refractivity contribution in [2.45, 2.75) is 0 Å². The monoisotopic (exact) mass is 280 g/mol. The first-order valence-electron chi connectivity index (χ1n) is 5.16. The fourth-order valence-corrected chi connectivity index (χ4v) is 1.39. The average Bonchev–Trinajstić information content (AvgIpc) is 2.42. The van der Waals surface area contributed by atoms with Crippen LogP contribution in [0.1, 0.15) is 20.7 Å². The highest BCUT2D eigenvalue weighted by molar-refractivity contribution is 6.10. The SMILES string of the molecule is O=C(O)c1cc(F)c(F)cc1C(=O)Nc1nccnn1. The van der Waals surface area contributed by atoms with Crippen LogP contribution in [-0.4, -0.2) is 32.2 Å². The third-order valence-corrected chi connectivity index (χ3v) is 2.24. The lowest BCUT2D eigenvalue weighted by Crippen LogP contribution is -2.19. The van der Waals surface area contributed by atoms with Crippen LogP contribution in [0.5, 0.6) is 0 Å². The van der Waals surface area contributed by atoms with E-state index in [0.29, 0.717) is 12.1 Å². The highest BCUT2D eigenvalue weighted by Crippen LogP contribution is 2.16. The third kappa shape index (κ3) is 2.71. The van der Waals surface area contributed by atoms with Gasteiger partial charge in [0.1, 0.15) is 0 Å². The zero-order chi connectivity index (χ0) is 14.7. The predicted octanol–water partition coefficient (Wildman–Crippen LogP) is 1.10. The van der Waals surface area contributed by atoms with Gasteiger partial charge in [-0.3, -0.25) is 10.1 Å². The molecule has 0 atom stereocenters. The summed E-state index contributed by atoms with van der Waals surface area (Å²) in [6.45, 7) is 0. The molecule has 0 aliphatic carbocycles. The van der Waals surface area contributed by atoms with E-state index in [9.17, 15) is 18.4 Å². The number of nitrogens with one attached hydrogen (secondary N) is 1. The largest absolute Gasteiger partial charge is 0.478 e. The minimum Gasteiger partial charge on any atom is -0.478 e. The maximum Gasteiger partial charge on any atom is 0.336 e. The summed E-state index contributed by atoms with van der Waals surface area (Å²) >= 11 is 0. The molecular weight excluding hydrogens is 274 g/mol. The van der Waals surface area contributed by atoms with E-state index in [1.807, 2.05) is 0 Å². The van der Waals surface area contributed by atoms with Gasteiger partial charge in [-0.05, 0) is 12.1 Å². The molecule has 0 saturated carbocycles. The maximum absolute atomic E-state index is 13.1. The van der Waals surface area contributed by atoms with Crippen LogP contribution in [0.15, 0.2) is 24.5 Å². The van der Waals surface area contributed by atoms with Crippen molar-refractivity contribution < 1.29 is 23.5 Å². The highest BCUT2D eigenvalue weighted by Gasteiger charge is 2.21. The van der Waals surface area contributed by atoms with Gasteiger partial charge in [-0.1, -0.05) is 0 Å².